The lowest BCUT2D eigenvalue weighted by atomic mass is 10.1. The average Bonchev–Trinajstić information content (AvgIpc) is 3.44. The molecule has 2 aliphatic heterocycles. The third-order valence-corrected chi connectivity index (χ3v) is 5.77. The molecule has 3 aromatic rings. The fourth-order valence-corrected chi connectivity index (χ4v) is 4.08. The molecular formula is C24H23FN2O3. The summed E-state index contributed by atoms with van der Waals surface area (Å²) in [5, 5.41) is 0. The van der Waals surface area contributed by atoms with Crippen LogP contribution in [0.3, 0.4) is 0 Å². The van der Waals surface area contributed by atoms with Gasteiger partial charge in [0.25, 0.3) is 5.91 Å². The van der Waals surface area contributed by atoms with Crippen molar-refractivity contribution in [2.45, 2.75) is 13.0 Å². The minimum atomic E-state index is -0.298. The molecule has 5 nitrogen and oxygen atoms in total. The number of furan rings is 1. The van der Waals surface area contributed by atoms with Crippen LogP contribution in [-0.4, -0.2) is 48.5 Å². The number of ether oxygens (including phenoxy) is 1. The summed E-state index contributed by atoms with van der Waals surface area (Å²) in [7, 11) is 0. The highest BCUT2D eigenvalue weighted by atomic mass is 19.1. The summed E-state index contributed by atoms with van der Waals surface area (Å²) in [6.45, 7) is 4.63. The summed E-state index contributed by atoms with van der Waals surface area (Å²) in [6.07, 6.45) is 0.981. The molecule has 1 aromatic heterocycles. The monoisotopic (exact) mass is 406 g/mol. The van der Waals surface area contributed by atoms with Gasteiger partial charge in [-0.1, -0.05) is 12.1 Å². The molecule has 1 amide bonds. The van der Waals surface area contributed by atoms with E-state index in [2.05, 4.69) is 23.1 Å². The minimum absolute atomic E-state index is 0.0994. The maximum Gasteiger partial charge on any atom is 0.289 e. The number of rotatable bonds is 4. The number of amides is 1. The zero-order valence-corrected chi connectivity index (χ0v) is 16.6. The topological polar surface area (TPSA) is 45.9 Å². The lowest BCUT2D eigenvalue weighted by Gasteiger charge is -2.34. The highest BCUT2D eigenvalue weighted by Gasteiger charge is 2.25. The Morgan fingerprint density at radius 2 is 1.77 bits per heavy atom. The predicted molar refractivity (Wildman–Crippen MR) is 111 cm³/mol. The number of benzene rings is 2. The minimum Gasteiger partial charge on any atom is -0.493 e. The molecule has 0 unspecified atom stereocenters. The van der Waals surface area contributed by atoms with Crippen molar-refractivity contribution in [2.24, 2.45) is 0 Å². The maximum atomic E-state index is 13.1. The van der Waals surface area contributed by atoms with Crippen molar-refractivity contribution in [3.8, 4) is 17.1 Å². The first-order valence-electron chi connectivity index (χ1n) is 10.3. The van der Waals surface area contributed by atoms with Crippen LogP contribution in [0.4, 0.5) is 4.39 Å². The van der Waals surface area contributed by atoms with E-state index in [9.17, 15) is 9.18 Å². The number of nitrogens with zero attached hydrogens (tertiary/aromatic N) is 2. The lowest BCUT2D eigenvalue weighted by molar-refractivity contribution is 0.0598. The molecule has 6 heteroatoms. The Morgan fingerprint density at radius 3 is 2.57 bits per heavy atom. The van der Waals surface area contributed by atoms with Gasteiger partial charge in [0.1, 0.15) is 17.3 Å². The Kier molecular flexibility index (Phi) is 5.01. The second-order valence-electron chi connectivity index (χ2n) is 7.78. The molecule has 0 saturated carbocycles. The predicted octanol–water partition coefficient (Wildman–Crippen LogP) is 3.98. The van der Waals surface area contributed by atoms with Crippen molar-refractivity contribution in [3.05, 3.63) is 77.3 Å². The first-order chi connectivity index (χ1) is 14.7. The Morgan fingerprint density at radius 1 is 0.967 bits per heavy atom. The highest BCUT2D eigenvalue weighted by molar-refractivity contribution is 5.92. The number of fused-ring (bicyclic) bond motifs is 1. The molecule has 5 rings (SSSR count). The van der Waals surface area contributed by atoms with Gasteiger partial charge in [0, 0.05) is 44.7 Å². The van der Waals surface area contributed by atoms with Gasteiger partial charge in [-0.2, -0.15) is 0 Å². The molecule has 0 atom stereocenters. The molecule has 30 heavy (non-hydrogen) atoms. The lowest BCUT2D eigenvalue weighted by Crippen LogP contribution is -2.48. The fourth-order valence-electron chi connectivity index (χ4n) is 4.08. The number of hydrogen-bond acceptors (Lipinski definition) is 4. The van der Waals surface area contributed by atoms with Crippen molar-refractivity contribution in [3.63, 3.8) is 0 Å². The number of carbonyl (C=O) groups is 1. The zero-order chi connectivity index (χ0) is 20.5. The first kappa shape index (κ1) is 18.9. The number of carbonyl (C=O) groups excluding carboxylic acids is 1. The van der Waals surface area contributed by atoms with Crippen LogP contribution >= 0.6 is 0 Å². The van der Waals surface area contributed by atoms with Crippen LogP contribution < -0.4 is 4.74 Å². The van der Waals surface area contributed by atoms with Gasteiger partial charge in [-0.3, -0.25) is 9.69 Å². The normalized spacial score (nSPS) is 16.4. The number of halogens is 1. The highest BCUT2D eigenvalue weighted by Crippen LogP contribution is 2.27. The van der Waals surface area contributed by atoms with E-state index >= 15 is 0 Å². The summed E-state index contributed by atoms with van der Waals surface area (Å²) >= 11 is 0. The largest absolute Gasteiger partial charge is 0.493 e. The van der Waals surface area contributed by atoms with E-state index in [-0.39, 0.29) is 11.7 Å². The van der Waals surface area contributed by atoms with Crippen molar-refractivity contribution in [1.29, 1.82) is 0 Å². The number of piperazine rings is 1. The van der Waals surface area contributed by atoms with Crippen LogP contribution in [0.25, 0.3) is 11.3 Å². The SMILES string of the molecule is O=C(c1ccc(-c2ccc(F)cc2)o1)N1CCN(Cc2ccc3c(c2)CCO3)CC1. The molecule has 0 N–H and O–H groups in total. The van der Waals surface area contributed by atoms with Gasteiger partial charge < -0.3 is 14.1 Å². The van der Waals surface area contributed by atoms with Gasteiger partial charge in [-0.25, -0.2) is 4.39 Å². The Balaban J connectivity index is 1.18. The summed E-state index contributed by atoms with van der Waals surface area (Å²) in [6, 6.07) is 15.9. The summed E-state index contributed by atoms with van der Waals surface area (Å²) in [4.78, 5) is 17.0. The van der Waals surface area contributed by atoms with E-state index in [0.29, 0.717) is 24.6 Å². The second-order valence-corrected chi connectivity index (χ2v) is 7.78. The molecule has 2 aromatic carbocycles. The number of hydrogen-bond donors (Lipinski definition) is 0. The Bertz CT molecular complexity index is 1050. The summed E-state index contributed by atoms with van der Waals surface area (Å²) < 4.78 is 24.4. The first-order valence-corrected chi connectivity index (χ1v) is 10.3. The van der Waals surface area contributed by atoms with E-state index in [1.165, 1.54) is 23.3 Å². The Labute approximate surface area is 174 Å². The molecule has 0 bridgehead atoms. The molecule has 0 spiro atoms. The fraction of sp³-hybridized carbons (Fsp3) is 0.292. The van der Waals surface area contributed by atoms with Crippen molar-refractivity contribution in [1.82, 2.24) is 9.80 Å². The summed E-state index contributed by atoms with van der Waals surface area (Å²) in [5.41, 5.74) is 3.32. The van der Waals surface area contributed by atoms with Gasteiger partial charge in [0.2, 0.25) is 0 Å². The third kappa shape index (κ3) is 3.83. The van der Waals surface area contributed by atoms with Gasteiger partial charge in [0.15, 0.2) is 5.76 Å². The molecule has 0 radical (unpaired) electrons. The standard InChI is InChI=1S/C24H23FN2O3/c25-20-4-2-18(3-5-20)22-7-8-23(30-22)24(28)27-12-10-26(11-13-27)16-17-1-6-21-19(15-17)9-14-29-21/h1-8,15H,9-14,16H2. The van der Waals surface area contributed by atoms with Crippen molar-refractivity contribution in [2.75, 3.05) is 32.8 Å². The van der Waals surface area contributed by atoms with E-state index in [0.717, 1.165) is 44.0 Å². The van der Waals surface area contributed by atoms with Gasteiger partial charge in [0.05, 0.1) is 6.61 Å². The third-order valence-electron chi connectivity index (χ3n) is 5.77. The van der Waals surface area contributed by atoms with Crippen LogP contribution in [0.5, 0.6) is 5.75 Å². The van der Waals surface area contributed by atoms with E-state index in [1.807, 2.05) is 4.90 Å². The quantitative estimate of drug-likeness (QED) is 0.658. The molecule has 1 fully saturated rings. The van der Waals surface area contributed by atoms with Crippen LogP contribution in [0.1, 0.15) is 21.7 Å². The van der Waals surface area contributed by atoms with Crippen LogP contribution in [0.2, 0.25) is 0 Å². The van der Waals surface area contributed by atoms with Gasteiger partial charge >= 0.3 is 0 Å². The maximum absolute atomic E-state index is 13.1. The van der Waals surface area contributed by atoms with E-state index in [4.69, 9.17) is 9.15 Å². The van der Waals surface area contributed by atoms with E-state index < -0.39 is 0 Å². The van der Waals surface area contributed by atoms with Crippen LogP contribution in [0.15, 0.2) is 59.0 Å². The molecule has 154 valence electrons. The van der Waals surface area contributed by atoms with Crippen molar-refractivity contribution >= 4 is 5.91 Å². The molecule has 1 saturated heterocycles. The molecule has 0 aliphatic carbocycles. The molecule has 3 heterocycles. The average molecular weight is 406 g/mol. The van der Waals surface area contributed by atoms with Gasteiger partial charge in [-0.05, 0) is 53.6 Å². The van der Waals surface area contributed by atoms with Crippen molar-refractivity contribution < 1.29 is 18.3 Å². The summed E-state index contributed by atoms with van der Waals surface area (Å²) in [5.74, 6) is 1.50. The smallest absolute Gasteiger partial charge is 0.289 e. The zero-order valence-electron chi connectivity index (χ0n) is 16.6. The van der Waals surface area contributed by atoms with Crippen LogP contribution in [-0.2, 0) is 13.0 Å². The second kappa shape index (κ2) is 7.95. The van der Waals surface area contributed by atoms with Crippen LogP contribution in [0, 0.1) is 5.82 Å². The van der Waals surface area contributed by atoms with E-state index in [1.54, 1.807) is 24.3 Å². The van der Waals surface area contributed by atoms with Gasteiger partial charge in [-0.15, -0.1) is 0 Å². The Hall–Kier alpha value is -3.12. The molecular weight excluding hydrogens is 383 g/mol. The molecule has 2 aliphatic rings.